The summed E-state index contributed by atoms with van der Waals surface area (Å²) in [4.78, 5) is 2.25. The van der Waals surface area contributed by atoms with Gasteiger partial charge in [0.25, 0.3) is 0 Å². The van der Waals surface area contributed by atoms with Crippen molar-refractivity contribution >= 4 is 16.5 Å². The molecule has 2 aromatic carbocycles. The van der Waals surface area contributed by atoms with Crippen LogP contribution in [0.2, 0.25) is 0 Å². The minimum atomic E-state index is 0.228. The van der Waals surface area contributed by atoms with Gasteiger partial charge in [-0.15, -0.1) is 0 Å². The molecule has 1 aliphatic rings. The molecular formula is C17H18N2O. The number of anilines is 1. The molecule has 0 amide bonds. The minimum absolute atomic E-state index is 0.228. The van der Waals surface area contributed by atoms with E-state index in [1.54, 1.807) is 0 Å². The molecule has 0 aliphatic carbocycles. The molecule has 2 aromatic rings. The van der Waals surface area contributed by atoms with E-state index in [1.807, 2.05) is 30.3 Å². The molecule has 0 bridgehead atoms. The molecular weight excluding hydrogens is 248 g/mol. The van der Waals surface area contributed by atoms with Crippen LogP contribution >= 0.6 is 0 Å². The SMILES string of the molecule is N#Cc1c(N2CCC[C@@H](CO)C2)ccc2ccccc12. The summed E-state index contributed by atoms with van der Waals surface area (Å²) >= 11 is 0. The highest BCUT2D eigenvalue weighted by molar-refractivity contribution is 5.92. The second-order valence-electron chi connectivity index (χ2n) is 5.43. The van der Waals surface area contributed by atoms with Gasteiger partial charge in [0.2, 0.25) is 0 Å². The zero-order chi connectivity index (χ0) is 13.9. The van der Waals surface area contributed by atoms with Crippen LogP contribution in [0.25, 0.3) is 10.8 Å². The standard InChI is InChI=1S/C17H18N2O/c18-10-16-15-6-2-1-5-14(15)7-8-17(16)19-9-3-4-13(11-19)12-20/h1-2,5-8,13,20H,3-4,9,11-12H2/t13-/m1/s1. The third-order valence-corrected chi connectivity index (χ3v) is 4.14. The maximum Gasteiger partial charge on any atom is 0.102 e. The summed E-state index contributed by atoms with van der Waals surface area (Å²) in [6, 6.07) is 14.5. The molecule has 3 heteroatoms. The number of rotatable bonds is 2. The Balaban J connectivity index is 2.05. The van der Waals surface area contributed by atoms with Crippen LogP contribution in [0.5, 0.6) is 0 Å². The smallest absolute Gasteiger partial charge is 0.102 e. The van der Waals surface area contributed by atoms with Gasteiger partial charge >= 0.3 is 0 Å². The maximum atomic E-state index is 9.54. The van der Waals surface area contributed by atoms with E-state index in [0.29, 0.717) is 5.92 Å². The highest BCUT2D eigenvalue weighted by atomic mass is 16.3. The average molecular weight is 266 g/mol. The Morgan fingerprint density at radius 2 is 2.10 bits per heavy atom. The zero-order valence-electron chi connectivity index (χ0n) is 11.4. The second kappa shape index (κ2) is 5.52. The number of hydrogen-bond acceptors (Lipinski definition) is 3. The number of aliphatic hydroxyl groups excluding tert-OH is 1. The molecule has 1 atom stereocenters. The number of nitrogens with zero attached hydrogens (tertiary/aromatic N) is 2. The van der Waals surface area contributed by atoms with Crippen LogP contribution in [-0.4, -0.2) is 24.8 Å². The quantitative estimate of drug-likeness (QED) is 0.909. The van der Waals surface area contributed by atoms with Gasteiger partial charge in [0.1, 0.15) is 6.07 Å². The Labute approximate surface area is 119 Å². The fraction of sp³-hybridized carbons (Fsp3) is 0.353. The maximum absolute atomic E-state index is 9.54. The molecule has 1 heterocycles. The summed E-state index contributed by atoms with van der Waals surface area (Å²) in [7, 11) is 0. The normalized spacial score (nSPS) is 19.0. The summed E-state index contributed by atoms with van der Waals surface area (Å²) in [5.74, 6) is 0.321. The summed E-state index contributed by atoms with van der Waals surface area (Å²) < 4.78 is 0. The number of aliphatic hydroxyl groups is 1. The zero-order valence-corrected chi connectivity index (χ0v) is 11.4. The van der Waals surface area contributed by atoms with Gasteiger partial charge in [0.05, 0.1) is 11.3 Å². The highest BCUT2D eigenvalue weighted by Gasteiger charge is 2.22. The number of benzene rings is 2. The van der Waals surface area contributed by atoms with Gasteiger partial charge in [-0.25, -0.2) is 0 Å². The first-order valence-corrected chi connectivity index (χ1v) is 7.11. The third kappa shape index (κ3) is 2.23. The molecule has 3 nitrogen and oxygen atoms in total. The Morgan fingerprint density at radius 1 is 1.25 bits per heavy atom. The van der Waals surface area contributed by atoms with Crippen molar-refractivity contribution in [2.75, 3.05) is 24.6 Å². The van der Waals surface area contributed by atoms with Gasteiger partial charge in [-0.2, -0.15) is 5.26 Å². The van der Waals surface area contributed by atoms with E-state index in [2.05, 4.69) is 17.0 Å². The van der Waals surface area contributed by atoms with E-state index in [4.69, 9.17) is 0 Å². The lowest BCUT2D eigenvalue weighted by atomic mass is 9.96. The Bertz CT molecular complexity index is 660. The van der Waals surface area contributed by atoms with Gasteiger partial charge in [-0.3, -0.25) is 0 Å². The fourth-order valence-corrected chi connectivity index (χ4v) is 3.07. The molecule has 0 radical (unpaired) electrons. The molecule has 102 valence electrons. The van der Waals surface area contributed by atoms with Crippen LogP contribution in [-0.2, 0) is 0 Å². The van der Waals surface area contributed by atoms with Gasteiger partial charge in [0.15, 0.2) is 0 Å². The van der Waals surface area contributed by atoms with E-state index < -0.39 is 0 Å². The Morgan fingerprint density at radius 3 is 2.90 bits per heavy atom. The van der Waals surface area contributed by atoms with Crippen LogP contribution in [0.1, 0.15) is 18.4 Å². The van der Waals surface area contributed by atoms with E-state index in [1.165, 1.54) is 0 Å². The molecule has 0 saturated carbocycles. The van der Waals surface area contributed by atoms with Crippen LogP contribution in [0.3, 0.4) is 0 Å². The van der Waals surface area contributed by atoms with Crippen LogP contribution in [0.4, 0.5) is 5.69 Å². The number of nitriles is 1. The molecule has 1 fully saturated rings. The minimum Gasteiger partial charge on any atom is -0.396 e. The molecule has 1 saturated heterocycles. The fourth-order valence-electron chi connectivity index (χ4n) is 3.07. The molecule has 0 unspecified atom stereocenters. The molecule has 3 rings (SSSR count). The van der Waals surface area contributed by atoms with Gasteiger partial charge < -0.3 is 10.0 Å². The van der Waals surface area contributed by atoms with Crippen molar-refractivity contribution in [2.45, 2.75) is 12.8 Å². The number of piperidine rings is 1. The molecule has 20 heavy (non-hydrogen) atoms. The molecule has 0 spiro atoms. The molecule has 1 N–H and O–H groups in total. The highest BCUT2D eigenvalue weighted by Crippen LogP contribution is 2.31. The van der Waals surface area contributed by atoms with Crippen molar-refractivity contribution in [3.63, 3.8) is 0 Å². The topological polar surface area (TPSA) is 47.3 Å². The second-order valence-corrected chi connectivity index (χ2v) is 5.43. The molecule has 1 aliphatic heterocycles. The lowest BCUT2D eigenvalue weighted by Crippen LogP contribution is -2.37. The Hall–Kier alpha value is -2.05. The Kier molecular flexibility index (Phi) is 3.58. The first-order valence-electron chi connectivity index (χ1n) is 7.11. The van der Waals surface area contributed by atoms with E-state index in [9.17, 15) is 10.4 Å². The third-order valence-electron chi connectivity index (χ3n) is 4.14. The van der Waals surface area contributed by atoms with Crippen LogP contribution in [0, 0.1) is 17.2 Å². The van der Waals surface area contributed by atoms with Gasteiger partial charge in [0, 0.05) is 25.1 Å². The van der Waals surface area contributed by atoms with Crippen molar-refractivity contribution in [3.05, 3.63) is 42.0 Å². The van der Waals surface area contributed by atoms with Gasteiger partial charge in [-0.1, -0.05) is 30.3 Å². The average Bonchev–Trinajstić information content (AvgIpc) is 2.53. The molecule has 0 aromatic heterocycles. The lowest BCUT2D eigenvalue weighted by Gasteiger charge is -2.34. The lowest BCUT2D eigenvalue weighted by molar-refractivity contribution is 0.208. The monoisotopic (exact) mass is 266 g/mol. The first kappa shape index (κ1) is 13.0. The summed E-state index contributed by atoms with van der Waals surface area (Å²) in [6.07, 6.45) is 2.14. The van der Waals surface area contributed by atoms with Crippen molar-refractivity contribution in [1.29, 1.82) is 5.26 Å². The number of fused-ring (bicyclic) bond motifs is 1. The van der Waals surface area contributed by atoms with Crippen molar-refractivity contribution in [3.8, 4) is 6.07 Å². The summed E-state index contributed by atoms with van der Waals surface area (Å²) in [6.45, 7) is 2.03. The van der Waals surface area contributed by atoms with Crippen LogP contribution in [0.15, 0.2) is 36.4 Å². The predicted molar refractivity (Wildman–Crippen MR) is 80.7 cm³/mol. The largest absolute Gasteiger partial charge is 0.396 e. The predicted octanol–water partition coefficient (Wildman–Crippen LogP) is 2.92. The summed E-state index contributed by atoms with van der Waals surface area (Å²) in [5, 5.41) is 21.0. The van der Waals surface area contributed by atoms with Crippen molar-refractivity contribution in [1.82, 2.24) is 0 Å². The van der Waals surface area contributed by atoms with Crippen LogP contribution < -0.4 is 4.90 Å². The number of hydrogen-bond donors (Lipinski definition) is 1. The summed E-state index contributed by atoms with van der Waals surface area (Å²) in [5.41, 5.74) is 1.76. The van der Waals surface area contributed by atoms with Crippen molar-refractivity contribution < 1.29 is 5.11 Å². The van der Waals surface area contributed by atoms with Gasteiger partial charge in [-0.05, 0) is 30.2 Å². The van der Waals surface area contributed by atoms with E-state index in [0.717, 1.165) is 48.0 Å². The van der Waals surface area contributed by atoms with Crippen molar-refractivity contribution in [2.24, 2.45) is 5.92 Å². The van der Waals surface area contributed by atoms with E-state index >= 15 is 0 Å². The first-order chi connectivity index (χ1) is 9.83. The van der Waals surface area contributed by atoms with E-state index in [-0.39, 0.29) is 6.61 Å².